The fourth-order valence-corrected chi connectivity index (χ4v) is 4.82. The Kier molecular flexibility index (Phi) is 2.56. The largest absolute Gasteiger partial charge is 0.508 e. The fourth-order valence-electron chi connectivity index (χ4n) is 4.82. The summed E-state index contributed by atoms with van der Waals surface area (Å²) in [6, 6.07) is 4.07. The summed E-state index contributed by atoms with van der Waals surface area (Å²) in [6.07, 6.45) is 6.65. The minimum absolute atomic E-state index is 0.0640. The van der Waals surface area contributed by atoms with Crippen LogP contribution in [0.25, 0.3) is 0 Å². The Hall–Kier alpha value is -2.63. The van der Waals surface area contributed by atoms with Gasteiger partial charge in [0.2, 0.25) is 0 Å². The summed E-state index contributed by atoms with van der Waals surface area (Å²) in [5.41, 5.74) is 0.340. The summed E-state index contributed by atoms with van der Waals surface area (Å²) in [7, 11) is 0. The van der Waals surface area contributed by atoms with Crippen LogP contribution in [-0.2, 0) is 9.59 Å². The first-order valence-electron chi connectivity index (χ1n) is 8.18. The Morgan fingerprint density at radius 1 is 1.04 bits per heavy atom. The standard InChI is InChI=1S/C18H16N2O4/c21-9-2-1-8(14(22)5-9)7-19-20-17(23)15-10-3-4-11(13-6-12(10)13)16(15)18(20)24/h1-5,7,10-13,15-16,21-22H,6H2/b19-7+. The Labute approximate surface area is 138 Å². The molecule has 6 rings (SSSR count). The van der Waals surface area contributed by atoms with Crippen LogP contribution in [0.1, 0.15) is 12.0 Å². The summed E-state index contributed by atoms with van der Waals surface area (Å²) < 4.78 is 0. The van der Waals surface area contributed by atoms with Gasteiger partial charge in [0.1, 0.15) is 11.5 Å². The molecule has 1 saturated heterocycles. The summed E-state index contributed by atoms with van der Waals surface area (Å²) in [5, 5.41) is 24.1. The number of imide groups is 1. The number of aromatic hydroxyl groups is 2. The minimum atomic E-state index is -0.276. The van der Waals surface area contributed by atoms with Crippen molar-refractivity contribution in [2.24, 2.45) is 40.6 Å². The number of phenols is 2. The van der Waals surface area contributed by atoms with Crippen LogP contribution in [0.4, 0.5) is 0 Å². The highest BCUT2D eigenvalue weighted by molar-refractivity contribution is 6.06. The van der Waals surface area contributed by atoms with Gasteiger partial charge in [0, 0.05) is 11.6 Å². The molecule has 1 aromatic rings. The van der Waals surface area contributed by atoms with Crippen molar-refractivity contribution >= 4 is 18.0 Å². The minimum Gasteiger partial charge on any atom is -0.508 e. The van der Waals surface area contributed by atoms with Crippen LogP contribution in [0.15, 0.2) is 35.5 Å². The van der Waals surface area contributed by atoms with Gasteiger partial charge in [-0.05, 0) is 42.2 Å². The second kappa shape index (κ2) is 4.47. The summed E-state index contributed by atoms with van der Waals surface area (Å²) in [5.74, 6) is 0.222. The highest BCUT2D eigenvalue weighted by Gasteiger charge is 2.67. The number of amides is 2. The molecule has 3 fully saturated rings. The maximum absolute atomic E-state index is 12.7. The number of hydrazone groups is 1. The van der Waals surface area contributed by atoms with Crippen molar-refractivity contribution < 1.29 is 19.8 Å². The quantitative estimate of drug-likeness (QED) is 0.490. The van der Waals surface area contributed by atoms with E-state index in [9.17, 15) is 19.8 Å². The van der Waals surface area contributed by atoms with Gasteiger partial charge in [-0.15, -0.1) is 0 Å². The molecular weight excluding hydrogens is 308 g/mol. The molecule has 6 heteroatoms. The van der Waals surface area contributed by atoms with Crippen LogP contribution in [0.5, 0.6) is 11.5 Å². The van der Waals surface area contributed by atoms with E-state index >= 15 is 0 Å². The molecule has 6 unspecified atom stereocenters. The lowest BCUT2D eigenvalue weighted by Gasteiger charge is -2.37. The smallest absolute Gasteiger partial charge is 0.254 e. The molecule has 2 saturated carbocycles. The van der Waals surface area contributed by atoms with E-state index in [1.165, 1.54) is 24.4 Å². The lowest BCUT2D eigenvalue weighted by molar-refractivity contribution is -0.140. The van der Waals surface area contributed by atoms with Gasteiger partial charge in [0.15, 0.2) is 0 Å². The normalized spacial score (nSPS) is 38.8. The predicted molar refractivity (Wildman–Crippen MR) is 83.9 cm³/mol. The van der Waals surface area contributed by atoms with Crippen molar-refractivity contribution in [3.8, 4) is 11.5 Å². The average Bonchev–Trinajstić information content (AvgIpc) is 3.33. The zero-order valence-electron chi connectivity index (χ0n) is 12.7. The third-order valence-corrected chi connectivity index (χ3v) is 5.97. The molecule has 0 aromatic heterocycles. The van der Waals surface area contributed by atoms with Crippen LogP contribution in [0.3, 0.4) is 0 Å². The number of phenolic OH excluding ortho intramolecular Hbond substituents is 2. The fraction of sp³-hybridized carbons (Fsp3) is 0.389. The summed E-state index contributed by atoms with van der Waals surface area (Å²) in [6.45, 7) is 0. The molecule has 2 N–H and O–H groups in total. The van der Waals surface area contributed by atoms with Gasteiger partial charge in [-0.3, -0.25) is 9.59 Å². The Morgan fingerprint density at radius 2 is 1.67 bits per heavy atom. The first kappa shape index (κ1) is 13.8. The number of nitrogens with zero attached hydrogens (tertiary/aromatic N) is 2. The molecule has 0 radical (unpaired) electrons. The topological polar surface area (TPSA) is 90.2 Å². The van der Waals surface area contributed by atoms with Gasteiger partial charge in [0.05, 0.1) is 18.1 Å². The molecule has 2 amide bonds. The Balaban J connectivity index is 1.45. The van der Waals surface area contributed by atoms with Crippen molar-refractivity contribution in [2.45, 2.75) is 6.42 Å². The van der Waals surface area contributed by atoms with E-state index in [2.05, 4.69) is 17.3 Å². The van der Waals surface area contributed by atoms with E-state index in [4.69, 9.17) is 0 Å². The third-order valence-electron chi connectivity index (χ3n) is 5.97. The van der Waals surface area contributed by atoms with Crippen molar-refractivity contribution in [3.05, 3.63) is 35.9 Å². The van der Waals surface area contributed by atoms with Gasteiger partial charge in [-0.25, -0.2) is 0 Å². The van der Waals surface area contributed by atoms with E-state index < -0.39 is 0 Å². The number of hydrogen-bond donors (Lipinski definition) is 2. The third kappa shape index (κ3) is 1.68. The van der Waals surface area contributed by atoms with E-state index in [1.807, 2.05) is 0 Å². The molecule has 5 aliphatic rings. The number of allylic oxidation sites excluding steroid dienone is 2. The maximum atomic E-state index is 12.7. The number of carbonyl (C=O) groups is 2. The van der Waals surface area contributed by atoms with Gasteiger partial charge in [0.25, 0.3) is 11.8 Å². The van der Waals surface area contributed by atoms with Crippen LogP contribution in [0, 0.1) is 35.5 Å². The summed E-state index contributed by atoms with van der Waals surface area (Å²) in [4.78, 5) is 25.4. The highest BCUT2D eigenvalue weighted by atomic mass is 16.3. The number of benzene rings is 1. The van der Waals surface area contributed by atoms with Crippen LogP contribution < -0.4 is 0 Å². The molecule has 4 aliphatic carbocycles. The number of hydrogen-bond acceptors (Lipinski definition) is 5. The lowest BCUT2D eigenvalue weighted by atomic mass is 9.63. The molecule has 24 heavy (non-hydrogen) atoms. The van der Waals surface area contributed by atoms with Crippen LogP contribution in [-0.4, -0.2) is 33.3 Å². The van der Waals surface area contributed by atoms with Crippen LogP contribution in [0.2, 0.25) is 0 Å². The van der Waals surface area contributed by atoms with Crippen LogP contribution >= 0.6 is 0 Å². The molecule has 1 aliphatic heterocycles. The first-order valence-corrected chi connectivity index (χ1v) is 8.18. The summed E-state index contributed by atoms with van der Waals surface area (Å²) >= 11 is 0. The molecular formula is C18H16N2O4. The maximum Gasteiger partial charge on any atom is 0.254 e. The second-order valence-corrected chi connectivity index (χ2v) is 7.13. The Morgan fingerprint density at radius 3 is 2.25 bits per heavy atom. The molecule has 122 valence electrons. The molecule has 1 heterocycles. The molecule has 0 spiro atoms. The van der Waals surface area contributed by atoms with E-state index in [0.29, 0.717) is 17.4 Å². The second-order valence-electron chi connectivity index (χ2n) is 7.13. The Bertz CT molecular complexity index is 794. The predicted octanol–water partition coefficient (Wildman–Crippen LogP) is 1.48. The van der Waals surface area contributed by atoms with Gasteiger partial charge in [-0.2, -0.15) is 10.1 Å². The number of carbonyl (C=O) groups excluding carboxylic acids is 2. The van der Waals surface area contributed by atoms with E-state index in [-0.39, 0.29) is 47.0 Å². The van der Waals surface area contributed by atoms with Crippen molar-refractivity contribution in [2.75, 3.05) is 0 Å². The first-order chi connectivity index (χ1) is 11.6. The van der Waals surface area contributed by atoms with Crippen molar-refractivity contribution in [1.82, 2.24) is 5.01 Å². The zero-order chi connectivity index (χ0) is 16.6. The van der Waals surface area contributed by atoms with Crippen molar-refractivity contribution in [1.29, 1.82) is 0 Å². The monoisotopic (exact) mass is 324 g/mol. The molecule has 6 nitrogen and oxygen atoms in total. The molecule has 2 bridgehead atoms. The van der Waals surface area contributed by atoms with Gasteiger partial charge in [-0.1, -0.05) is 12.2 Å². The SMILES string of the molecule is O=C1C2C3C=CC(C4CC34)C2C(=O)N1/N=C/c1ccc(O)cc1O. The van der Waals surface area contributed by atoms with E-state index in [0.717, 1.165) is 11.4 Å². The molecule has 6 atom stereocenters. The van der Waals surface area contributed by atoms with E-state index in [1.54, 1.807) is 0 Å². The highest BCUT2D eigenvalue weighted by Crippen LogP contribution is 2.65. The zero-order valence-corrected chi connectivity index (χ0v) is 12.7. The van der Waals surface area contributed by atoms with Gasteiger partial charge >= 0.3 is 0 Å². The lowest BCUT2D eigenvalue weighted by Crippen LogP contribution is -2.40. The molecule has 1 aromatic carbocycles. The van der Waals surface area contributed by atoms with Gasteiger partial charge < -0.3 is 10.2 Å². The number of rotatable bonds is 2. The average molecular weight is 324 g/mol. The van der Waals surface area contributed by atoms with Crippen molar-refractivity contribution in [3.63, 3.8) is 0 Å².